The minimum absolute atomic E-state index is 0.0128. The van der Waals surface area contributed by atoms with Crippen LogP contribution in [0.15, 0.2) is 58.5 Å². The van der Waals surface area contributed by atoms with Crippen LogP contribution in [-0.2, 0) is 0 Å². The molecule has 138 valence electrons. The van der Waals surface area contributed by atoms with Gasteiger partial charge in [0.05, 0.1) is 22.7 Å². The number of hydrogen-bond acceptors (Lipinski definition) is 5. The smallest absolute Gasteiger partial charge is 0.387 e. The summed E-state index contributed by atoms with van der Waals surface area (Å²) < 4.78 is 30.5. The summed E-state index contributed by atoms with van der Waals surface area (Å²) in [6, 6.07) is 14.9. The van der Waals surface area contributed by atoms with Crippen LogP contribution in [0, 0.1) is 11.3 Å². The first-order chi connectivity index (χ1) is 13.1. The van der Waals surface area contributed by atoms with Crippen LogP contribution in [0.4, 0.5) is 8.78 Å². The molecule has 0 saturated heterocycles. The summed E-state index contributed by atoms with van der Waals surface area (Å²) in [4.78, 5) is 17.6. The van der Waals surface area contributed by atoms with E-state index in [2.05, 4.69) is 15.8 Å². The van der Waals surface area contributed by atoms with Crippen molar-refractivity contribution in [3.63, 3.8) is 0 Å². The molecule has 5 nitrogen and oxygen atoms in total. The van der Waals surface area contributed by atoms with E-state index in [1.165, 1.54) is 40.6 Å². The summed E-state index contributed by atoms with van der Waals surface area (Å²) in [5, 5.41) is 9.62. The van der Waals surface area contributed by atoms with Gasteiger partial charge in [-0.15, -0.1) is 0 Å². The first-order valence-electron chi connectivity index (χ1n) is 8.17. The lowest BCUT2D eigenvalue weighted by Gasteiger charge is -2.13. The summed E-state index contributed by atoms with van der Waals surface area (Å²) in [6.45, 7) is -2.91. The second-order valence-corrected chi connectivity index (χ2v) is 6.60. The number of para-hydroxylation sites is 1. The zero-order valence-electron chi connectivity index (χ0n) is 14.1. The van der Waals surface area contributed by atoms with Crippen molar-refractivity contribution in [1.82, 2.24) is 9.55 Å². The van der Waals surface area contributed by atoms with Gasteiger partial charge >= 0.3 is 6.61 Å². The molecule has 3 rings (SSSR count). The second kappa shape index (κ2) is 8.64. The Hall–Kier alpha value is -2.92. The van der Waals surface area contributed by atoms with Crippen molar-refractivity contribution in [2.24, 2.45) is 0 Å². The minimum Gasteiger partial charge on any atom is -0.435 e. The number of hydrogen-bond donors (Lipinski definition) is 0. The van der Waals surface area contributed by atoms with Gasteiger partial charge in [-0.1, -0.05) is 23.9 Å². The molecule has 0 aliphatic rings. The lowest BCUT2D eigenvalue weighted by molar-refractivity contribution is -0.0498. The molecule has 0 bridgehead atoms. The van der Waals surface area contributed by atoms with Gasteiger partial charge in [-0.3, -0.25) is 9.36 Å². The molecule has 8 heteroatoms. The van der Waals surface area contributed by atoms with Crippen molar-refractivity contribution >= 4 is 22.7 Å². The first kappa shape index (κ1) is 18.9. The fourth-order valence-electron chi connectivity index (χ4n) is 2.53. The third kappa shape index (κ3) is 4.44. The van der Waals surface area contributed by atoms with Gasteiger partial charge in [-0.2, -0.15) is 14.0 Å². The Balaban J connectivity index is 2.04. The number of nitrogens with zero attached hydrogens (tertiary/aromatic N) is 3. The Morgan fingerprint density at radius 1 is 1.19 bits per heavy atom. The SMILES string of the molecule is N#CCCCSc1nc2ccccc2c(=O)n1-c1ccc(OC(F)F)cc1. The molecule has 0 unspecified atom stereocenters. The molecule has 0 aliphatic carbocycles. The predicted octanol–water partition coefficient (Wildman–Crippen LogP) is 4.38. The molecule has 1 aromatic heterocycles. The van der Waals surface area contributed by atoms with Gasteiger partial charge in [0.15, 0.2) is 5.16 Å². The maximum atomic E-state index is 13.0. The molecule has 0 N–H and O–H groups in total. The van der Waals surface area contributed by atoms with Gasteiger partial charge in [0.2, 0.25) is 0 Å². The van der Waals surface area contributed by atoms with Crippen LogP contribution in [-0.4, -0.2) is 21.9 Å². The highest BCUT2D eigenvalue weighted by Gasteiger charge is 2.13. The van der Waals surface area contributed by atoms with Gasteiger partial charge in [-0.05, 0) is 42.8 Å². The average molecular weight is 387 g/mol. The first-order valence-corrected chi connectivity index (χ1v) is 9.15. The quantitative estimate of drug-likeness (QED) is 0.342. The number of fused-ring (bicyclic) bond motifs is 1. The normalized spacial score (nSPS) is 10.9. The van der Waals surface area contributed by atoms with Crippen molar-refractivity contribution in [3.05, 3.63) is 58.9 Å². The molecule has 0 atom stereocenters. The van der Waals surface area contributed by atoms with E-state index >= 15 is 0 Å². The summed E-state index contributed by atoms with van der Waals surface area (Å²) in [6.07, 6.45) is 1.09. The zero-order chi connectivity index (χ0) is 19.2. The number of ether oxygens (including phenoxy) is 1. The van der Waals surface area contributed by atoms with Gasteiger partial charge < -0.3 is 4.74 Å². The number of rotatable bonds is 7. The number of nitriles is 1. The molecular formula is C19H15F2N3O2S. The lowest BCUT2D eigenvalue weighted by Crippen LogP contribution is -2.21. The van der Waals surface area contributed by atoms with Crippen LogP contribution in [0.25, 0.3) is 16.6 Å². The Kier molecular flexibility index (Phi) is 6.04. The molecule has 2 aromatic carbocycles. The van der Waals surface area contributed by atoms with Crippen molar-refractivity contribution in [3.8, 4) is 17.5 Å². The van der Waals surface area contributed by atoms with E-state index in [1.54, 1.807) is 24.3 Å². The third-order valence-corrected chi connectivity index (χ3v) is 4.75. The van der Waals surface area contributed by atoms with E-state index in [9.17, 15) is 13.6 Å². The van der Waals surface area contributed by atoms with Crippen LogP contribution in [0.1, 0.15) is 12.8 Å². The summed E-state index contributed by atoms with van der Waals surface area (Å²) in [5.74, 6) is 0.643. The predicted molar refractivity (Wildman–Crippen MR) is 99.5 cm³/mol. The standard InChI is InChI=1S/C19H15F2N3O2S/c20-18(21)26-14-9-7-13(8-10-14)24-17(25)15-5-1-2-6-16(15)23-19(24)27-12-4-3-11-22/h1-2,5-10,18H,3-4,12H2. The molecule has 3 aromatic rings. The van der Waals surface area contributed by atoms with Crippen molar-refractivity contribution < 1.29 is 13.5 Å². The number of thioether (sulfide) groups is 1. The van der Waals surface area contributed by atoms with Crippen molar-refractivity contribution in [2.75, 3.05) is 5.75 Å². The van der Waals surface area contributed by atoms with E-state index < -0.39 is 6.61 Å². The van der Waals surface area contributed by atoms with E-state index in [0.717, 1.165) is 0 Å². The summed E-state index contributed by atoms with van der Waals surface area (Å²) in [5.41, 5.74) is 0.841. The molecule has 27 heavy (non-hydrogen) atoms. The molecule has 0 aliphatic heterocycles. The summed E-state index contributed by atoms with van der Waals surface area (Å²) in [7, 11) is 0. The topological polar surface area (TPSA) is 67.9 Å². The van der Waals surface area contributed by atoms with Crippen molar-refractivity contribution in [1.29, 1.82) is 5.26 Å². The largest absolute Gasteiger partial charge is 0.435 e. The van der Waals surface area contributed by atoms with Gasteiger partial charge in [0.1, 0.15) is 5.75 Å². The molecule has 0 fully saturated rings. The molecule has 0 spiro atoms. The van der Waals surface area contributed by atoms with E-state index in [-0.39, 0.29) is 11.3 Å². The Labute approximate surface area is 158 Å². The number of benzene rings is 2. The van der Waals surface area contributed by atoms with E-state index in [0.29, 0.717) is 40.3 Å². The fourth-order valence-corrected chi connectivity index (χ4v) is 3.48. The van der Waals surface area contributed by atoms with E-state index in [1.807, 2.05) is 0 Å². The van der Waals surface area contributed by atoms with E-state index in [4.69, 9.17) is 5.26 Å². The van der Waals surface area contributed by atoms with Crippen LogP contribution in [0.3, 0.4) is 0 Å². The number of unbranched alkanes of at least 4 members (excludes halogenated alkanes) is 1. The van der Waals surface area contributed by atoms with Gasteiger partial charge in [0.25, 0.3) is 5.56 Å². The molecule has 1 heterocycles. The fraction of sp³-hybridized carbons (Fsp3) is 0.211. The van der Waals surface area contributed by atoms with Crippen LogP contribution < -0.4 is 10.3 Å². The minimum atomic E-state index is -2.91. The maximum absolute atomic E-state index is 13.0. The molecule has 0 saturated carbocycles. The van der Waals surface area contributed by atoms with Gasteiger partial charge in [-0.25, -0.2) is 4.98 Å². The second-order valence-electron chi connectivity index (χ2n) is 5.53. The third-order valence-electron chi connectivity index (χ3n) is 3.73. The Bertz CT molecular complexity index is 1030. The van der Waals surface area contributed by atoms with Crippen LogP contribution >= 0.6 is 11.8 Å². The molecular weight excluding hydrogens is 372 g/mol. The summed E-state index contributed by atoms with van der Waals surface area (Å²) >= 11 is 1.38. The molecule has 0 radical (unpaired) electrons. The zero-order valence-corrected chi connectivity index (χ0v) is 15.0. The number of halogens is 2. The number of aromatic nitrogens is 2. The lowest BCUT2D eigenvalue weighted by atomic mass is 10.2. The van der Waals surface area contributed by atoms with Gasteiger partial charge in [0, 0.05) is 12.2 Å². The Morgan fingerprint density at radius 3 is 2.63 bits per heavy atom. The number of alkyl halides is 2. The van der Waals surface area contributed by atoms with Crippen LogP contribution in [0.2, 0.25) is 0 Å². The van der Waals surface area contributed by atoms with Crippen molar-refractivity contribution in [2.45, 2.75) is 24.6 Å². The highest BCUT2D eigenvalue weighted by Crippen LogP contribution is 2.24. The van der Waals surface area contributed by atoms with Crippen LogP contribution in [0.5, 0.6) is 5.75 Å². The molecule has 0 amide bonds. The highest BCUT2D eigenvalue weighted by atomic mass is 32.2. The monoisotopic (exact) mass is 387 g/mol. The highest BCUT2D eigenvalue weighted by molar-refractivity contribution is 7.99. The maximum Gasteiger partial charge on any atom is 0.387 e. The average Bonchev–Trinajstić information content (AvgIpc) is 2.66. The Morgan fingerprint density at radius 2 is 1.93 bits per heavy atom.